The van der Waals surface area contributed by atoms with Crippen molar-refractivity contribution in [3.63, 3.8) is 0 Å². The summed E-state index contributed by atoms with van der Waals surface area (Å²) < 4.78 is 13.0. The largest absolute Gasteiger partial charge is 0.396 e. The number of hydrogen-bond acceptors (Lipinski definition) is 2. The van der Waals surface area contributed by atoms with Crippen molar-refractivity contribution in [2.45, 2.75) is 51.5 Å². The Hall–Kier alpha value is -0.930. The maximum Gasteiger partial charge on any atom is 0.123 e. The minimum Gasteiger partial charge on any atom is -0.396 e. The molecule has 112 valence electrons. The van der Waals surface area contributed by atoms with Gasteiger partial charge in [-0.3, -0.25) is 0 Å². The highest BCUT2D eigenvalue weighted by Crippen LogP contribution is 2.35. The molecule has 1 aliphatic carbocycles. The SMILES string of the molecule is CC(C)(CCO)CNC1CCCC1c1ccc(F)cc1. The summed E-state index contributed by atoms with van der Waals surface area (Å²) in [4.78, 5) is 0. The monoisotopic (exact) mass is 279 g/mol. The van der Waals surface area contributed by atoms with Gasteiger partial charge in [-0.05, 0) is 48.3 Å². The lowest BCUT2D eigenvalue weighted by Crippen LogP contribution is -2.38. The predicted molar refractivity (Wildman–Crippen MR) is 80.3 cm³/mol. The quantitative estimate of drug-likeness (QED) is 0.836. The standard InChI is InChI=1S/C17H26FNO/c1-17(2,10-11-20)12-19-16-5-3-4-15(16)13-6-8-14(18)9-7-13/h6-9,15-16,19-20H,3-5,10-12H2,1-2H3. The Morgan fingerprint density at radius 1 is 1.25 bits per heavy atom. The van der Waals surface area contributed by atoms with Crippen LogP contribution in [0.25, 0.3) is 0 Å². The van der Waals surface area contributed by atoms with Gasteiger partial charge in [0.15, 0.2) is 0 Å². The number of aliphatic hydroxyl groups excluding tert-OH is 1. The molecule has 0 radical (unpaired) electrons. The minimum atomic E-state index is -0.166. The molecule has 0 bridgehead atoms. The van der Waals surface area contributed by atoms with E-state index in [0.29, 0.717) is 12.0 Å². The average molecular weight is 279 g/mol. The zero-order chi connectivity index (χ0) is 14.6. The number of aliphatic hydroxyl groups is 1. The Balaban J connectivity index is 1.95. The van der Waals surface area contributed by atoms with Crippen LogP contribution in [-0.2, 0) is 0 Å². The molecule has 2 unspecified atom stereocenters. The maximum atomic E-state index is 13.0. The summed E-state index contributed by atoms with van der Waals surface area (Å²) in [6.07, 6.45) is 4.38. The van der Waals surface area contributed by atoms with Crippen LogP contribution in [0.1, 0.15) is 51.0 Å². The smallest absolute Gasteiger partial charge is 0.123 e. The third kappa shape index (κ3) is 4.03. The molecule has 1 aromatic carbocycles. The molecule has 2 rings (SSSR count). The molecule has 2 atom stereocenters. The van der Waals surface area contributed by atoms with Crippen molar-refractivity contribution < 1.29 is 9.50 Å². The van der Waals surface area contributed by atoms with E-state index in [1.165, 1.54) is 24.8 Å². The van der Waals surface area contributed by atoms with Crippen LogP contribution in [0.4, 0.5) is 4.39 Å². The van der Waals surface area contributed by atoms with Crippen LogP contribution in [0.3, 0.4) is 0 Å². The van der Waals surface area contributed by atoms with E-state index in [2.05, 4.69) is 19.2 Å². The van der Waals surface area contributed by atoms with Gasteiger partial charge in [0.2, 0.25) is 0 Å². The van der Waals surface area contributed by atoms with E-state index < -0.39 is 0 Å². The van der Waals surface area contributed by atoms with E-state index in [9.17, 15) is 4.39 Å². The van der Waals surface area contributed by atoms with Crippen molar-refractivity contribution in [3.05, 3.63) is 35.6 Å². The molecule has 20 heavy (non-hydrogen) atoms. The van der Waals surface area contributed by atoms with E-state index in [4.69, 9.17) is 5.11 Å². The Morgan fingerprint density at radius 2 is 1.95 bits per heavy atom. The summed E-state index contributed by atoms with van der Waals surface area (Å²) >= 11 is 0. The zero-order valence-corrected chi connectivity index (χ0v) is 12.5. The number of hydrogen-bond donors (Lipinski definition) is 2. The van der Waals surface area contributed by atoms with Crippen LogP contribution in [0.2, 0.25) is 0 Å². The molecule has 1 fully saturated rings. The highest BCUT2D eigenvalue weighted by molar-refractivity contribution is 5.23. The molecule has 0 heterocycles. The summed E-state index contributed by atoms with van der Waals surface area (Å²) in [7, 11) is 0. The first-order chi connectivity index (χ1) is 9.52. The van der Waals surface area contributed by atoms with Crippen molar-refractivity contribution in [3.8, 4) is 0 Å². The second-order valence-corrected chi connectivity index (χ2v) is 6.71. The van der Waals surface area contributed by atoms with Gasteiger partial charge in [-0.15, -0.1) is 0 Å². The van der Waals surface area contributed by atoms with E-state index in [1.54, 1.807) is 12.1 Å². The molecule has 3 heteroatoms. The van der Waals surface area contributed by atoms with E-state index in [-0.39, 0.29) is 17.8 Å². The zero-order valence-electron chi connectivity index (χ0n) is 12.5. The molecule has 2 nitrogen and oxygen atoms in total. The van der Waals surface area contributed by atoms with Crippen LogP contribution >= 0.6 is 0 Å². The first kappa shape index (κ1) is 15.5. The van der Waals surface area contributed by atoms with Gasteiger partial charge in [-0.1, -0.05) is 32.4 Å². The normalized spacial score (nSPS) is 23.2. The average Bonchev–Trinajstić information content (AvgIpc) is 2.86. The molecule has 2 N–H and O–H groups in total. The van der Waals surface area contributed by atoms with Gasteiger partial charge in [0.05, 0.1) is 0 Å². The van der Waals surface area contributed by atoms with Crippen molar-refractivity contribution in [2.75, 3.05) is 13.2 Å². The molecule has 1 aliphatic rings. The minimum absolute atomic E-state index is 0.116. The summed E-state index contributed by atoms with van der Waals surface area (Å²) in [6.45, 7) is 5.51. The van der Waals surface area contributed by atoms with E-state index in [1.807, 2.05) is 12.1 Å². The van der Waals surface area contributed by atoms with Crippen LogP contribution in [-0.4, -0.2) is 24.3 Å². The molecule has 1 saturated carbocycles. The van der Waals surface area contributed by atoms with Crippen molar-refractivity contribution >= 4 is 0 Å². The summed E-state index contributed by atoms with van der Waals surface area (Å²) in [5.41, 5.74) is 1.35. The van der Waals surface area contributed by atoms with Crippen molar-refractivity contribution in [2.24, 2.45) is 5.41 Å². The first-order valence-corrected chi connectivity index (χ1v) is 7.61. The summed E-state index contributed by atoms with van der Waals surface area (Å²) in [6, 6.07) is 7.41. The van der Waals surface area contributed by atoms with Gasteiger partial charge in [-0.2, -0.15) is 0 Å². The lowest BCUT2D eigenvalue weighted by Gasteiger charge is -2.29. The Bertz CT molecular complexity index is 416. The lowest BCUT2D eigenvalue weighted by molar-refractivity contribution is 0.201. The maximum absolute atomic E-state index is 13.0. The van der Waals surface area contributed by atoms with Gasteiger partial charge in [0.25, 0.3) is 0 Å². The van der Waals surface area contributed by atoms with Gasteiger partial charge >= 0.3 is 0 Å². The Morgan fingerprint density at radius 3 is 2.60 bits per heavy atom. The van der Waals surface area contributed by atoms with E-state index in [0.717, 1.165) is 13.0 Å². The molecule has 0 saturated heterocycles. The number of benzene rings is 1. The van der Waals surface area contributed by atoms with Crippen molar-refractivity contribution in [1.29, 1.82) is 0 Å². The second-order valence-electron chi connectivity index (χ2n) is 6.71. The Kier molecular flexibility index (Phi) is 5.17. The molecule has 0 spiro atoms. The first-order valence-electron chi connectivity index (χ1n) is 7.61. The highest BCUT2D eigenvalue weighted by atomic mass is 19.1. The fraction of sp³-hybridized carbons (Fsp3) is 0.647. The molecule has 0 aliphatic heterocycles. The molecular weight excluding hydrogens is 253 g/mol. The van der Waals surface area contributed by atoms with Crippen molar-refractivity contribution in [1.82, 2.24) is 5.32 Å². The fourth-order valence-electron chi connectivity index (χ4n) is 3.11. The second kappa shape index (κ2) is 6.68. The van der Waals surface area contributed by atoms with E-state index >= 15 is 0 Å². The Labute approximate surface area is 121 Å². The number of halogens is 1. The van der Waals surface area contributed by atoms with Crippen LogP contribution in [0, 0.1) is 11.2 Å². The fourth-order valence-corrected chi connectivity index (χ4v) is 3.11. The summed E-state index contributed by atoms with van der Waals surface area (Å²) in [5, 5.41) is 12.8. The number of nitrogens with one attached hydrogen (secondary N) is 1. The van der Waals surface area contributed by atoms with Gasteiger partial charge in [0, 0.05) is 19.2 Å². The molecule has 0 amide bonds. The molecule has 0 aromatic heterocycles. The topological polar surface area (TPSA) is 32.3 Å². The molecule has 1 aromatic rings. The van der Waals surface area contributed by atoms with Crippen LogP contribution < -0.4 is 5.32 Å². The number of rotatable bonds is 6. The third-order valence-electron chi connectivity index (χ3n) is 4.45. The predicted octanol–water partition coefficient (Wildman–Crippen LogP) is 3.46. The lowest BCUT2D eigenvalue weighted by atomic mass is 9.88. The summed E-state index contributed by atoms with van der Waals surface area (Å²) in [5.74, 6) is 0.320. The van der Waals surface area contributed by atoms with Gasteiger partial charge in [-0.25, -0.2) is 4.39 Å². The molecular formula is C17H26FNO. The van der Waals surface area contributed by atoms with Gasteiger partial charge in [0.1, 0.15) is 5.82 Å². The third-order valence-corrected chi connectivity index (χ3v) is 4.45. The van der Waals surface area contributed by atoms with Gasteiger partial charge < -0.3 is 10.4 Å². The van der Waals surface area contributed by atoms with Crippen LogP contribution in [0.5, 0.6) is 0 Å². The highest BCUT2D eigenvalue weighted by Gasteiger charge is 2.29. The van der Waals surface area contributed by atoms with Crippen LogP contribution in [0.15, 0.2) is 24.3 Å².